The number of benzene rings is 5. The van der Waals surface area contributed by atoms with Gasteiger partial charge in [-0.1, -0.05) is 121 Å². The number of phosphoric acid groups is 2. The molecule has 0 saturated carbocycles. The molecular formula is C30H22O7P2. The molecule has 1 aliphatic rings. The third-order valence-corrected chi connectivity index (χ3v) is 8.76. The number of hydrogen-bond donors (Lipinski definition) is 2. The molecule has 0 spiro atoms. The first-order chi connectivity index (χ1) is 18.8. The summed E-state index contributed by atoms with van der Waals surface area (Å²) in [6.07, 6.45) is 0. The summed E-state index contributed by atoms with van der Waals surface area (Å²) in [6.45, 7) is 0. The van der Waals surface area contributed by atoms with Crippen LogP contribution in [0.2, 0.25) is 0 Å². The van der Waals surface area contributed by atoms with E-state index < -0.39 is 15.6 Å². The van der Waals surface area contributed by atoms with E-state index in [2.05, 4.69) is 4.31 Å². The Bertz CT molecular complexity index is 1650. The van der Waals surface area contributed by atoms with E-state index >= 15 is 0 Å². The van der Waals surface area contributed by atoms with Gasteiger partial charge in [-0.3, -0.25) is 9.79 Å². The Balaban J connectivity index is 1.90. The van der Waals surface area contributed by atoms with Gasteiger partial charge in [0.25, 0.3) is 0 Å². The van der Waals surface area contributed by atoms with E-state index in [-0.39, 0.29) is 17.1 Å². The van der Waals surface area contributed by atoms with Crippen LogP contribution in [0.4, 0.5) is 0 Å². The predicted octanol–water partition coefficient (Wildman–Crippen LogP) is 8.34. The van der Waals surface area contributed by atoms with Crippen molar-refractivity contribution in [1.82, 2.24) is 0 Å². The third kappa shape index (κ3) is 4.95. The molecule has 0 fully saturated rings. The van der Waals surface area contributed by atoms with E-state index in [4.69, 9.17) is 9.05 Å². The molecule has 0 aliphatic carbocycles. The molecule has 2 bridgehead atoms. The molecule has 0 radical (unpaired) electrons. The van der Waals surface area contributed by atoms with Crippen LogP contribution in [0.3, 0.4) is 0 Å². The fourth-order valence-corrected chi connectivity index (χ4v) is 6.94. The molecule has 5 aromatic carbocycles. The number of fused-ring (bicyclic) bond motifs is 2. The summed E-state index contributed by atoms with van der Waals surface area (Å²) < 4.78 is 42.3. The highest BCUT2D eigenvalue weighted by molar-refractivity contribution is 7.61. The maximum absolute atomic E-state index is 13.1. The van der Waals surface area contributed by atoms with Crippen molar-refractivity contribution in [1.29, 1.82) is 0 Å². The summed E-state index contributed by atoms with van der Waals surface area (Å²) in [5.74, 6) is -0.0158. The molecule has 1 aliphatic heterocycles. The monoisotopic (exact) mass is 556 g/mol. The van der Waals surface area contributed by atoms with Gasteiger partial charge in [0.15, 0.2) is 11.5 Å². The average Bonchev–Trinajstić information content (AvgIpc) is 2.93. The highest BCUT2D eigenvalue weighted by atomic mass is 31.3. The van der Waals surface area contributed by atoms with Crippen molar-refractivity contribution in [3.05, 3.63) is 121 Å². The summed E-state index contributed by atoms with van der Waals surface area (Å²) >= 11 is 0. The first kappa shape index (κ1) is 25.3. The molecule has 6 rings (SSSR count). The Morgan fingerprint density at radius 1 is 0.410 bits per heavy atom. The summed E-state index contributed by atoms with van der Waals surface area (Å²) in [5, 5.41) is 0. The van der Waals surface area contributed by atoms with Gasteiger partial charge in [0, 0.05) is 16.7 Å². The van der Waals surface area contributed by atoms with Gasteiger partial charge in [-0.25, -0.2) is 9.13 Å². The van der Waals surface area contributed by atoms with Crippen molar-refractivity contribution in [3.8, 4) is 56.0 Å². The third-order valence-electron chi connectivity index (χ3n) is 6.28. The zero-order valence-corrected chi connectivity index (χ0v) is 22.2. The Kier molecular flexibility index (Phi) is 6.48. The maximum atomic E-state index is 13.1. The second kappa shape index (κ2) is 9.97. The lowest BCUT2D eigenvalue weighted by Gasteiger charge is -2.30. The zero-order valence-electron chi connectivity index (χ0n) is 20.4. The van der Waals surface area contributed by atoms with Crippen molar-refractivity contribution < 1.29 is 32.3 Å². The minimum atomic E-state index is -5.12. The van der Waals surface area contributed by atoms with Gasteiger partial charge in [-0.2, -0.15) is 4.31 Å². The molecule has 5 aromatic rings. The van der Waals surface area contributed by atoms with Crippen LogP contribution in [-0.2, 0) is 13.4 Å². The molecule has 39 heavy (non-hydrogen) atoms. The Morgan fingerprint density at radius 2 is 0.692 bits per heavy atom. The standard InChI is InChI=1S/C30H22O7P2/c31-38(32)35-29-26(22-15-7-2-8-16-22)25(21-13-5-1-6-14-21)27(23-17-9-3-10-18-23)30(36-39(33,34)37-38)28(29)24-19-11-4-12-20-24/h1-20H,(H,31,32)(H,33,34). The molecule has 0 amide bonds. The smallest absolute Gasteiger partial charge is 0.402 e. The minimum absolute atomic E-state index is 0.00790. The van der Waals surface area contributed by atoms with E-state index in [9.17, 15) is 18.9 Å². The summed E-state index contributed by atoms with van der Waals surface area (Å²) in [7, 11) is -10.2. The van der Waals surface area contributed by atoms with Gasteiger partial charge >= 0.3 is 15.6 Å². The van der Waals surface area contributed by atoms with Crippen molar-refractivity contribution >= 4 is 15.6 Å². The topological polar surface area (TPSA) is 102 Å². The second-order valence-corrected chi connectivity index (χ2v) is 11.7. The van der Waals surface area contributed by atoms with Crippen molar-refractivity contribution in [2.24, 2.45) is 0 Å². The summed E-state index contributed by atoms with van der Waals surface area (Å²) in [6, 6.07) is 36.9. The van der Waals surface area contributed by atoms with Crippen molar-refractivity contribution in [2.75, 3.05) is 0 Å². The maximum Gasteiger partial charge on any atom is 0.537 e. The molecule has 2 atom stereocenters. The van der Waals surface area contributed by atoms with Gasteiger partial charge in [-0.05, 0) is 22.3 Å². The van der Waals surface area contributed by atoms with Crippen LogP contribution in [0.25, 0.3) is 44.5 Å². The van der Waals surface area contributed by atoms with E-state index in [1.54, 1.807) is 24.3 Å². The first-order valence-electron chi connectivity index (χ1n) is 12.0. The quantitative estimate of drug-likeness (QED) is 0.215. The lowest BCUT2D eigenvalue weighted by Crippen LogP contribution is -2.09. The minimum Gasteiger partial charge on any atom is -0.402 e. The summed E-state index contributed by atoms with van der Waals surface area (Å²) in [4.78, 5) is 21.2. The van der Waals surface area contributed by atoms with E-state index in [1.807, 2.05) is 97.1 Å². The summed E-state index contributed by atoms with van der Waals surface area (Å²) in [5.41, 5.74) is 4.53. The number of hydrogen-bond acceptors (Lipinski definition) is 5. The van der Waals surface area contributed by atoms with Crippen LogP contribution in [0, 0.1) is 0 Å². The largest absolute Gasteiger partial charge is 0.537 e. The van der Waals surface area contributed by atoms with E-state index in [0.717, 1.165) is 5.56 Å². The first-order valence-corrected chi connectivity index (χ1v) is 15.0. The second-order valence-electron chi connectivity index (χ2n) is 8.82. The Labute approximate surface area is 225 Å². The van der Waals surface area contributed by atoms with Crippen molar-refractivity contribution in [2.45, 2.75) is 0 Å². The van der Waals surface area contributed by atoms with Crippen LogP contribution in [0.15, 0.2) is 121 Å². The average molecular weight is 556 g/mol. The van der Waals surface area contributed by atoms with Crippen LogP contribution in [-0.4, -0.2) is 9.79 Å². The van der Waals surface area contributed by atoms with Crippen LogP contribution >= 0.6 is 15.6 Å². The van der Waals surface area contributed by atoms with Crippen LogP contribution < -0.4 is 9.05 Å². The van der Waals surface area contributed by atoms with Crippen molar-refractivity contribution in [3.63, 3.8) is 0 Å². The fourth-order valence-electron chi connectivity index (χ4n) is 4.80. The van der Waals surface area contributed by atoms with Crippen LogP contribution in [0.1, 0.15) is 0 Å². The van der Waals surface area contributed by atoms with Gasteiger partial charge in [0.1, 0.15) is 0 Å². The predicted molar refractivity (Wildman–Crippen MR) is 150 cm³/mol. The fraction of sp³-hybridized carbons (Fsp3) is 0. The van der Waals surface area contributed by atoms with Gasteiger partial charge < -0.3 is 9.05 Å². The zero-order chi connectivity index (χ0) is 27.0. The van der Waals surface area contributed by atoms with E-state index in [0.29, 0.717) is 33.4 Å². The SMILES string of the molecule is O=P1(O)Oc2c(-c3ccccc3)c(c(-c3ccccc3)c(-c3ccccc3)c2-c2ccccc2)OP(=O)(O)O1. The highest BCUT2D eigenvalue weighted by Gasteiger charge is 2.44. The Hall–Kier alpha value is -3.96. The number of phosphoric ester groups is 2. The van der Waals surface area contributed by atoms with Gasteiger partial charge in [-0.15, -0.1) is 0 Å². The molecule has 9 heteroatoms. The normalized spacial score (nSPS) is 20.3. The lowest BCUT2D eigenvalue weighted by molar-refractivity contribution is 0.230. The highest BCUT2D eigenvalue weighted by Crippen LogP contribution is 2.68. The Morgan fingerprint density at radius 3 is 1.03 bits per heavy atom. The van der Waals surface area contributed by atoms with Gasteiger partial charge in [0.2, 0.25) is 0 Å². The number of rotatable bonds is 4. The molecule has 194 valence electrons. The molecule has 0 saturated heterocycles. The molecule has 1 heterocycles. The molecule has 0 aromatic heterocycles. The molecule has 7 nitrogen and oxygen atoms in total. The molecule has 2 N–H and O–H groups in total. The molecule has 2 unspecified atom stereocenters. The van der Waals surface area contributed by atoms with Gasteiger partial charge in [0.05, 0.1) is 5.56 Å². The molecular weight excluding hydrogens is 534 g/mol. The van der Waals surface area contributed by atoms with Crippen LogP contribution in [0.5, 0.6) is 11.5 Å². The van der Waals surface area contributed by atoms with E-state index in [1.165, 1.54) is 0 Å². The lowest BCUT2D eigenvalue weighted by atomic mass is 9.83.